The predicted octanol–water partition coefficient (Wildman–Crippen LogP) is 2.54. The van der Waals surface area contributed by atoms with Crippen molar-refractivity contribution in [2.75, 3.05) is 0 Å². The Morgan fingerprint density at radius 2 is 2.19 bits per heavy atom. The van der Waals surface area contributed by atoms with Gasteiger partial charge in [0, 0.05) is 12.4 Å². The van der Waals surface area contributed by atoms with E-state index in [4.69, 9.17) is 12.2 Å². The van der Waals surface area contributed by atoms with Gasteiger partial charge < -0.3 is 5.11 Å². The Bertz CT molecular complexity index is 601. The summed E-state index contributed by atoms with van der Waals surface area (Å²) in [6, 6.07) is 2.64. The zero-order valence-corrected chi connectivity index (χ0v) is 13.0. The van der Waals surface area contributed by atoms with Gasteiger partial charge in [-0.15, -0.1) is 0 Å². The molecule has 21 heavy (non-hydrogen) atoms. The van der Waals surface area contributed by atoms with Gasteiger partial charge in [0.1, 0.15) is 10.4 Å². The summed E-state index contributed by atoms with van der Waals surface area (Å²) < 4.78 is 0.293. The van der Waals surface area contributed by atoms with E-state index in [0.29, 0.717) is 22.1 Å². The van der Waals surface area contributed by atoms with Gasteiger partial charge >= 0.3 is 5.97 Å². The number of carboxylic acid groups (broad SMARTS) is 1. The third-order valence-corrected chi connectivity index (χ3v) is 4.32. The summed E-state index contributed by atoms with van der Waals surface area (Å²) in [5.74, 6) is -1.37. The number of hydrogen-bond donors (Lipinski definition) is 1. The van der Waals surface area contributed by atoms with Gasteiger partial charge in [-0.25, -0.2) is 4.79 Å². The number of aromatic nitrogens is 1. The van der Waals surface area contributed by atoms with Crippen LogP contribution in [0.5, 0.6) is 0 Å². The van der Waals surface area contributed by atoms with Crippen LogP contribution in [0.3, 0.4) is 0 Å². The number of carbonyl (C=O) groups is 2. The maximum absolute atomic E-state index is 12.4. The molecule has 1 saturated heterocycles. The standard InChI is InChI=1S/C14H14N2O3S2/c1-2-3-10(13(18)19)16-12(17)11(21-14(16)20)8-9-4-6-15-7-5-9/h4-8,10H,2-3H2,1H3,(H,18,19)/b11-8-. The highest BCUT2D eigenvalue weighted by Gasteiger charge is 2.39. The van der Waals surface area contributed by atoms with Gasteiger partial charge in [0.25, 0.3) is 5.91 Å². The average molecular weight is 322 g/mol. The van der Waals surface area contributed by atoms with E-state index >= 15 is 0 Å². The van der Waals surface area contributed by atoms with Crippen molar-refractivity contribution < 1.29 is 14.7 Å². The smallest absolute Gasteiger partial charge is 0.326 e. The zero-order chi connectivity index (χ0) is 15.4. The molecular weight excluding hydrogens is 308 g/mol. The molecule has 110 valence electrons. The number of thiocarbonyl (C=S) groups is 1. The number of rotatable bonds is 5. The Morgan fingerprint density at radius 3 is 2.76 bits per heavy atom. The van der Waals surface area contributed by atoms with Crippen molar-refractivity contribution >= 4 is 46.3 Å². The topological polar surface area (TPSA) is 70.5 Å². The minimum absolute atomic E-state index is 0.293. The first-order valence-corrected chi connectivity index (χ1v) is 7.67. The molecule has 5 nitrogen and oxygen atoms in total. The number of amides is 1. The summed E-state index contributed by atoms with van der Waals surface area (Å²) in [6.07, 6.45) is 6.00. The van der Waals surface area contributed by atoms with Crippen molar-refractivity contribution in [2.45, 2.75) is 25.8 Å². The summed E-state index contributed by atoms with van der Waals surface area (Å²) >= 11 is 6.31. The number of thioether (sulfide) groups is 1. The fraction of sp³-hybridized carbons (Fsp3) is 0.286. The van der Waals surface area contributed by atoms with E-state index in [0.717, 1.165) is 17.3 Å². The molecule has 7 heteroatoms. The van der Waals surface area contributed by atoms with Gasteiger partial charge in [-0.05, 0) is 30.2 Å². The molecule has 0 bridgehead atoms. The van der Waals surface area contributed by atoms with Crippen LogP contribution in [0.15, 0.2) is 29.4 Å². The largest absolute Gasteiger partial charge is 0.480 e. The maximum atomic E-state index is 12.4. The number of nitrogens with zero attached hydrogens (tertiary/aromatic N) is 2. The minimum atomic E-state index is -1.03. The molecule has 2 rings (SSSR count). The van der Waals surface area contributed by atoms with Crippen LogP contribution in [0, 0.1) is 0 Å². The van der Waals surface area contributed by atoms with Crippen LogP contribution < -0.4 is 0 Å². The highest BCUT2D eigenvalue weighted by atomic mass is 32.2. The molecule has 1 fully saturated rings. The molecule has 1 aliphatic heterocycles. The second-order valence-corrected chi connectivity index (χ2v) is 6.15. The quantitative estimate of drug-likeness (QED) is 0.663. The summed E-state index contributed by atoms with van der Waals surface area (Å²) in [5.41, 5.74) is 0.827. The molecule has 0 saturated carbocycles. The Labute approximate surface area is 132 Å². The molecule has 0 spiro atoms. The molecule has 1 aliphatic rings. The zero-order valence-electron chi connectivity index (χ0n) is 11.4. The van der Waals surface area contributed by atoms with E-state index in [1.165, 1.54) is 4.90 Å². The summed E-state index contributed by atoms with van der Waals surface area (Å²) in [7, 11) is 0. The van der Waals surface area contributed by atoms with E-state index in [2.05, 4.69) is 4.98 Å². The van der Waals surface area contributed by atoms with Crippen molar-refractivity contribution in [3.8, 4) is 0 Å². The second kappa shape index (κ2) is 6.82. The molecule has 0 aliphatic carbocycles. The number of aliphatic carboxylic acids is 1. The normalized spacial score (nSPS) is 18.3. The lowest BCUT2D eigenvalue weighted by molar-refractivity contribution is -0.145. The maximum Gasteiger partial charge on any atom is 0.326 e. The SMILES string of the molecule is CCCC(C(=O)O)N1C(=O)/C(=C/c2ccncc2)SC1=S. The minimum Gasteiger partial charge on any atom is -0.480 e. The van der Waals surface area contributed by atoms with Crippen molar-refractivity contribution in [2.24, 2.45) is 0 Å². The Hall–Kier alpha value is -1.73. The van der Waals surface area contributed by atoms with Crippen LogP contribution in [0.1, 0.15) is 25.3 Å². The monoisotopic (exact) mass is 322 g/mol. The molecule has 1 atom stereocenters. The van der Waals surface area contributed by atoms with Gasteiger partial charge in [-0.2, -0.15) is 0 Å². The van der Waals surface area contributed by atoms with Crippen LogP contribution in [0.4, 0.5) is 0 Å². The van der Waals surface area contributed by atoms with Crippen molar-refractivity contribution in [3.63, 3.8) is 0 Å². The van der Waals surface area contributed by atoms with Crippen molar-refractivity contribution in [1.82, 2.24) is 9.88 Å². The van der Waals surface area contributed by atoms with Crippen LogP contribution in [0.25, 0.3) is 6.08 Å². The first kappa shape index (κ1) is 15.7. The van der Waals surface area contributed by atoms with E-state index in [-0.39, 0.29) is 5.91 Å². The molecule has 0 aromatic carbocycles. The van der Waals surface area contributed by atoms with E-state index in [1.807, 2.05) is 6.92 Å². The van der Waals surface area contributed by atoms with Crippen LogP contribution in [-0.2, 0) is 9.59 Å². The first-order chi connectivity index (χ1) is 10.0. The number of carbonyl (C=O) groups excluding carboxylic acids is 1. The number of carboxylic acids is 1. The molecule has 1 aromatic heterocycles. The molecular formula is C14H14N2O3S2. The Morgan fingerprint density at radius 1 is 1.52 bits per heavy atom. The van der Waals surface area contributed by atoms with Crippen LogP contribution in [0.2, 0.25) is 0 Å². The predicted molar refractivity (Wildman–Crippen MR) is 85.6 cm³/mol. The third-order valence-electron chi connectivity index (χ3n) is 2.99. The van der Waals surface area contributed by atoms with Gasteiger partial charge in [0.05, 0.1) is 4.91 Å². The molecule has 1 N–H and O–H groups in total. The van der Waals surface area contributed by atoms with Crippen molar-refractivity contribution in [3.05, 3.63) is 35.0 Å². The van der Waals surface area contributed by atoms with Gasteiger partial charge in [-0.3, -0.25) is 14.7 Å². The lowest BCUT2D eigenvalue weighted by Gasteiger charge is -2.22. The van der Waals surface area contributed by atoms with E-state index in [1.54, 1.807) is 30.6 Å². The van der Waals surface area contributed by atoms with E-state index in [9.17, 15) is 14.7 Å². The number of pyridine rings is 1. The lowest BCUT2D eigenvalue weighted by atomic mass is 10.1. The highest BCUT2D eigenvalue weighted by molar-refractivity contribution is 8.26. The Kier molecular flexibility index (Phi) is 5.08. The Balaban J connectivity index is 2.28. The molecule has 1 amide bonds. The summed E-state index contributed by atoms with van der Waals surface area (Å²) in [6.45, 7) is 1.88. The third kappa shape index (κ3) is 3.48. The van der Waals surface area contributed by atoms with Gasteiger partial charge in [0.15, 0.2) is 0 Å². The summed E-state index contributed by atoms with van der Waals surface area (Å²) in [4.78, 5) is 29.3. The van der Waals surface area contributed by atoms with Crippen LogP contribution >= 0.6 is 24.0 Å². The fourth-order valence-electron chi connectivity index (χ4n) is 2.00. The van der Waals surface area contributed by atoms with E-state index < -0.39 is 12.0 Å². The lowest BCUT2D eigenvalue weighted by Crippen LogP contribution is -2.43. The molecule has 2 heterocycles. The molecule has 0 radical (unpaired) electrons. The fourth-order valence-corrected chi connectivity index (χ4v) is 3.35. The van der Waals surface area contributed by atoms with Gasteiger partial charge in [-0.1, -0.05) is 37.3 Å². The highest BCUT2D eigenvalue weighted by Crippen LogP contribution is 2.34. The second-order valence-electron chi connectivity index (χ2n) is 4.47. The summed E-state index contributed by atoms with van der Waals surface area (Å²) in [5, 5.41) is 9.29. The molecule has 1 unspecified atom stereocenters. The van der Waals surface area contributed by atoms with Crippen LogP contribution in [-0.4, -0.2) is 37.2 Å². The molecule has 1 aromatic rings. The first-order valence-electron chi connectivity index (χ1n) is 6.44. The van der Waals surface area contributed by atoms with Gasteiger partial charge in [0.2, 0.25) is 0 Å². The average Bonchev–Trinajstić information content (AvgIpc) is 2.72. The van der Waals surface area contributed by atoms with Crippen molar-refractivity contribution in [1.29, 1.82) is 0 Å². The number of hydrogen-bond acceptors (Lipinski definition) is 5.